The quantitative estimate of drug-likeness (QED) is 0.798. The summed E-state index contributed by atoms with van der Waals surface area (Å²) in [6.07, 6.45) is 2.13. The SMILES string of the molecule is CCC(C)C(=O)Nc1nc(CCCC(=O)O)cs1. The third kappa shape index (κ3) is 4.83. The molecule has 100 valence electrons. The number of carbonyl (C=O) groups is 2. The normalized spacial score (nSPS) is 12.1. The molecule has 0 saturated heterocycles. The van der Waals surface area contributed by atoms with Crippen LogP contribution in [0.4, 0.5) is 5.13 Å². The van der Waals surface area contributed by atoms with Crippen molar-refractivity contribution in [2.45, 2.75) is 39.5 Å². The number of hydrogen-bond donors (Lipinski definition) is 2. The second-order valence-corrected chi connectivity index (χ2v) is 5.05. The summed E-state index contributed by atoms with van der Waals surface area (Å²) in [4.78, 5) is 26.3. The van der Waals surface area contributed by atoms with Crippen molar-refractivity contribution < 1.29 is 14.7 Å². The third-order valence-electron chi connectivity index (χ3n) is 2.67. The fraction of sp³-hybridized carbons (Fsp3) is 0.583. The molecule has 18 heavy (non-hydrogen) atoms. The van der Waals surface area contributed by atoms with Crippen molar-refractivity contribution in [1.82, 2.24) is 4.98 Å². The van der Waals surface area contributed by atoms with E-state index in [2.05, 4.69) is 10.3 Å². The number of carboxylic acids is 1. The van der Waals surface area contributed by atoms with Gasteiger partial charge in [0.2, 0.25) is 5.91 Å². The number of carbonyl (C=O) groups excluding carboxylic acids is 1. The van der Waals surface area contributed by atoms with E-state index in [0.717, 1.165) is 12.1 Å². The summed E-state index contributed by atoms with van der Waals surface area (Å²) < 4.78 is 0. The monoisotopic (exact) mass is 270 g/mol. The van der Waals surface area contributed by atoms with Crippen LogP contribution >= 0.6 is 11.3 Å². The van der Waals surface area contributed by atoms with Crippen molar-refractivity contribution in [2.75, 3.05) is 5.32 Å². The van der Waals surface area contributed by atoms with Crippen LogP contribution in [0.15, 0.2) is 5.38 Å². The molecule has 0 aliphatic heterocycles. The number of thiazole rings is 1. The highest BCUT2D eigenvalue weighted by Crippen LogP contribution is 2.18. The van der Waals surface area contributed by atoms with E-state index >= 15 is 0 Å². The Morgan fingerprint density at radius 1 is 1.56 bits per heavy atom. The molecule has 0 fully saturated rings. The van der Waals surface area contributed by atoms with Crippen molar-refractivity contribution in [3.8, 4) is 0 Å². The van der Waals surface area contributed by atoms with Gasteiger partial charge in [0, 0.05) is 17.7 Å². The molecule has 0 aliphatic carbocycles. The van der Waals surface area contributed by atoms with Gasteiger partial charge in [-0.2, -0.15) is 0 Å². The molecule has 5 nitrogen and oxygen atoms in total. The van der Waals surface area contributed by atoms with E-state index < -0.39 is 5.97 Å². The van der Waals surface area contributed by atoms with E-state index in [0.29, 0.717) is 18.0 Å². The number of hydrogen-bond acceptors (Lipinski definition) is 4. The van der Waals surface area contributed by atoms with Crippen LogP contribution in [0.25, 0.3) is 0 Å². The van der Waals surface area contributed by atoms with Gasteiger partial charge in [-0.1, -0.05) is 13.8 Å². The van der Waals surface area contributed by atoms with Gasteiger partial charge in [0.05, 0.1) is 5.69 Å². The number of aliphatic carboxylic acids is 1. The molecule has 1 aromatic rings. The molecule has 2 N–H and O–H groups in total. The fourth-order valence-electron chi connectivity index (χ4n) is 1.31. The van der Waals surface area contributed by atoms with Crippen molar-refractivity contribution in [3.63, 3.8) is 0 Å². The van der Waals surface area contributed by atoms with Gasteiger partial charge in [-0.05, 0) is 19.3 Å². The maximum Gasteiger partial charge on any atom is 0.303 e. The lowest BCUT2D eigenvalue weighted by Crippen LogP contribution is -2.19. The zero-order valence-corrected chi connectivity index (χ0v) is 11.4. The molecule has 0 radical (unpaired) electrons. The van der Waals surface area contributed by atoms with E-state index in [1.807, 2.05) is 19.2 Å². The maximum absolute atomic E-state index is 11.6. The summed E-state index contributed by atoms with van der Waals surface area (Å²) >= 11 is 1.37. The minimum atomic E-state index is -0.796. The number of nitrogens with zero attached hydrogens (tertiary/aromatic N) is 1. The summed E-state index contributed by atoms with van der Waals surface area (Å²) in [6.45, 7) is 3.83. The molecule has 0 aromatic carbocycles. The van der Waals surface area contributed by atoms with Crippen LogP contribution in [0.1, 0.15) is 38.8 Å². The Hall–Kier alpha value is -1.43. The average Bonchev–Trinajstić information content (AvgIpc) is 2.75. The summed E-state index contributed by atoms with van der Waals surface area (Å²) in [5.41, 5.74) is 0.834. The summed E-state index contributed by atoms with van der Waals surface area (Å²) in [5.74, 6) is -0.844. The van der Waals surface area contributed by atoms with Crippen LogP contribution in [0.2, 0.25) is 0 Å². The first-order valence-electron chi connectivity index (χ1n) is 6.00. The molecule has 0 aliphatic rings. The molecule has 1 unspecified atom stereocenters. The highest BCUT2D eigenvalue weighted by Gasteiger charge is 2.12. The van der Waals surface area contributed by atoms with Gasteiger partial charge in [-0.3, -0.25) is 9.59 Å². The molecule has 1 rings (SSSR count). The first-order valence-corrected chi connectivity index (χ1v) is 6.88. The summed E-state index contributed by atoms with van der Waals surface area (Å²) in [7, 11) is 0. The lowest BCUT2D eigenvalue weighted by atomic mass is 10.1. The minimum absolute atomic E-state index is 0.0237. The number of nitrogens with one attached hydrogen (secondary N) is 1. The number of aryl methyl sites for hydroxylation is 1. The number of anilines is 1. The number of aromatic nitrogens is 1. The number of amides is 1. The Labute approximate surface area is 110 Å². The van der Waals surface area contributed by atoms with E-state index in [4.69, 9.17) is 5.11 Å². The largest absolute Gasteiger partial charge is 0.481 e. The molecule has 1 atom stereocenters. The topological polar surface area (TPSA) is 79.3 Å². The first-order chi connectivity index (χ1) is 8.52. The van der Waals surface area contributed by atoms with E-state index in [-0.39, 0.29) is 18.2 Å². The van der Waals surface area contributed by atoms with Gasteiger partial charge in [0.25, 0.3) is 0 Å². The highest BCUT2D eigenvalue weighted by atomic mass is 32.1. The molecule has 6 heteroatoms. The zero-order valence-electron chi connectivity index (χ0n) is 10.6. The van der Waals surface area contributed by atoms with Crippen LogP contribution in [0.5, 0.6) is 0 Å². The molecular weight excluding hydrogens is 252 g/mol. The molecule has 0 saturated carbocycles. The Kier molecular flexibility index (Phi) is 5.77. The molecular formula is C12H18N2O3S. The van der Waals surface area contributed by atoms with Crippen LogP contribution in [0, 0.1) is 5.92 Å². The van der Waals surface area contributed by atoms with Crippen molar-refractivity contribution >= 4 is 28.3 Å². The van der Waals surface area contributed by atoms with Gasteiger partial charge in [0.15, 0.2) is 5.13 Å². The fourth-order valence-corrected chi connectivity index (χ4v) is 2.06. The van der Waals surface area contributed by atoms with Crippen LogP contribution in [0.3, 0.4) is 0 Å². The zero-order chi connectivity index (χ0) is 13.5. The van der Waals surface area contributed by atoms with Gasteiger partial charge in [-0.15, -0.1) is 11.3 Å². The molecule has 0 bridgehead atoms. The average molecular weight is 270 g/mol. The Bertz CT molecular complexity index is 417. The first kappa shape index (κ1) is 14.6. The third-order valence-corrected chi connectivity index (χ3v) is 3.47. The predicted octanol–water partition coefficient (Wildman–Crippen LogP) is 2.54. The predicted molar refractivity (Wildman–Crippen MR) is 70.8 cm³/mol. The van der Waals surface area contributed by atoms with Gasteiger partial charge >= 0.3 is 5.97 Å². The van der Waals surface area contributed by atoms with Gasteiger partial charge in [0.1, 0.15) is 0 Å². The van der Waals surface area contributed by atoms with Crippen LogP contribution in [-0.2, 0) is 16.0 Å². The Morgan fingerprint density at radius 3 is 2.89 bits per heavy atom. The van der Waals surface area contributed by atoms with Crippen molar-refractivity contribution in [2.24, 2.45) is 5.92 Å². The Morgan fingerprint density at radius 2 is 2.28 bits per heavy atom. The van der Waals surface area contributed by atoms with E-state index in [1.54, 1.807) is 0 Å². The molecule has 1 amide bonds. The molecule has 1 heterocycles. The van der Waals surface area contributed by atoms with Gasteiger partial charge < -0.3 is 10.4 Å². The van der Waals surface area contributed by atoms with Crippen molar-refractivity contribution in [1.29, 1.82) is 0 Å². The Balaban J connectivity index is 2.43. The second-order valence-electron chi connectivity index (χ2n) is 4.19. The number of carboxylic acid groups (broad SMARTS) is 1. The summed E-state index contributed by atoms with van der Waals surface area (Å²) in [6, 6.07) is 0. The van der Waals surface area contributed by atoms with E-state index in [1.165, 1.54) is 11.3 Å². The highest BCUT2D eigenvalue weighted by molar-refractivity contribution is 7.13. The van der Waals surface area contributed by atoms with Crippen LogP contribution < -0.4 is 5.32 Å². The minimum Gasteiger partial charge on any atom is -0.481 e. The molecule has 0 spiro atoms. The van der Waals surface area contributed by atoms with Gasteiger partial charge in [-0.25, -0.2) is 4.98 Å². The standard InChI is InChI=1S/C12H18N2O3S/c1-3-8(2)11(17)14-12-13-9(7-18-12)5-4-6-10(15)16/h7-8H,3-6H2,1-2H3,(H,15,16)(H,13,14,17). The lowest BCUT2D eigenvalue weighted by Gasteiger charge is -2.06. The van der Waals surface area contributed by atoms with Crippen molar-refractivity contribution in [3.05, 3.63) is 11.1 Å². The lowest BCUT2D eigenvalue weighted by molar-refractivity contribution is -0.137. The second kappa shape index (κ2) is 7.10. The van der Waals surface area contributed by atoms with E-state index in [9.17, 15) is 9.59 Å². The molecule has 1 aromatic heterocycles. The smallest absolute Gasteiger partial charge is 0.303 e. The number of rotatable bonds is 7. The van der Waals surface area contributed by atoms with Crippen LogP contribution in [-0.4, -0.2) is 22.0 Å². The summed E-state index contributed by atoms with van der Waals surface area (Å²) in [5, 5.41) is 13.7. The maximum atomic E-state index is 11.6.